The first-order chi connectivity index (χ1) is 8.29. The molecule has 3 heteroatoms. The van der Waals surface area contributed by atoms with Crippen LogP contribution >= 0.6 is 0 Å². The zero-order valence-electron chi connectivity index (χ0n) is 9.89. The summed E-state index contributed by atoms with van der Waals surface area (Å²) in [7, 11) is 0. The van der Waals surface area contributed by atoms with Gasteiger partial charge in [0.05, 0.1) is 0 Å². The molecule has 1 aromatic heterocycles. The van der Waals surface area contributed by atoms with Gasteiger partial charge < -0.3 is 10.5 Å². The molecule has 0 unspecified atom stereocenters. The monoisotopic (exact) mass is 228 g/mol. The molecule has 0 aliphatic heterocycles. The Bertz CT molecular complexity index is 483. The maximum absolute atomic E-state index is 5.67. The standard InChI is InChI=1S/C14H16N2O/c1-11-7-13(8-15)9-16-14(11)17-10-12-5-3-2-4-6-12/h2-7,9H,8,10,15H2,1H3. The van der Waals surface area contributed by atoms with E-state index in [2.05, 4.69) is 4.98 Å². The Hall–Kier alpha value is -1.87. The van der Waals surface area contributed by atoms with E-state index in [9.17, 15) is 0 Å². The molecular formula is C14H16N2O. The van der Waals surface area contributed by atoms with E-state index >= 15 is 0 Å². The first-order valence-electron chi connectivity index (χ1n) is 5.62. The summed E-state index contributed by atoms with van der Waals surface area (Å²) in [4.78, 5) is 4.26. The maximum Gasteiger partial charge on any atom is 0.216 e. The Morgan fingerprint density at radius 1 is 1.18 bits per heavy atom. The van der Waals surface area contributed by atoms with Crippen molar-refractivity contribution in [1.82, 2.24) is 4.98 Å². The Labute approximate surface area is 101 Å². The van der Waals surface area contributed by atoms with Crippen molar-refractivity contribution in [2.45, 2.75) is 20.1 Å². The van der Waals surface area contributed by atoms with Crippen molar-refractivity contribution < 1.29 is 4.74 Å². The minimum atomic E-state index is 0.507. The Balaban J connectivity index is 2.04. The number of rotatable bonds is 4. The van der Waals surface area contributed by atoms with Crippen molar-refractivity contribution in [3.63, 3.8) is 0 Å². The molecule has 2 rings (SSSR count). The molecule has 0 saturated heterocycles. The molecule has 0 spiro atoms. The van der Waals surface area contributed by atoms with Crippen LogP contribution in [0.5, 0.6) is 5.88 Å². The first kappa shape index (κ1) is 11.6. The second-order valence-corrected chi connectivity index (χ2v) is 3.94. The van der Waals surface area contributed by atoms with Crippen LogP contribution in [0.3, 0.4) is 0 Å². The number of pyridine rings is 1. The van der Waals surface area contributed by atoms with Crippen LogP contribution in [-0.4, -0.2) is 4.98 Å². The summed E-state index contributed by atoms with van der Waals surface area (Å²) in [6.07, 6.45) is 1.76. The van der Waals surface area contributed by atoms with Crippen LogP contribution in [-0.2, 0) is 13.2 Å². The second-order valence-electron chi connectivity index (χ2n) is 3.94. The van der Waals surface area contributed by atoms with Gasteiger partial charge in [-0.05, 0) is 24.1 Å². The maximum atomic E-state index is 5.67. The largest absolute Gasteiger partial charge is 0.473 e. The lowest BCUT2D eigenvalue weighted by molar-refractivity contribution is 0.291. The summed E-state index contributed by atoms with van der Waals surface area (Å²) in [6, 6.07) is 12.1. The molecule has 0 amide bonds. The molecule has 0 fully saturated rings. The number of hydrogen-bond acceptors (Lipinski definition) is 3. The molecule has 88 valence electrons. The SMILES string of the molecule is Cc1cc(CN)cnc1OCc1ccccc1. The average molecular weight is 228 g/mol. The number of aryl methyl sites for hydroxylation is 1. The van der Waals surface area contributed by atoms with Crippen LogP contribution < -0.4 is 10.5 Å². The quantitative estimate of drug-likeness (QED) is 0.874. The van der Waals surface area contributed by atoms with E-state index in [0.717, 1.165) is 16.7 Å². The van der Waals surface area contributed by atoms with Crippen molar-refractivity contribution in [3.8, 4) is 5.88 Å². The molecule has 0 saturated carbocycles. The van der Waals surface area contributed by atoms with Crippen LogP contribution in [0.4, 0.5) is 0 Å². The highest BCUT2D eigenvalue weighted by molar-refractivity contribution is 5.28. The molecule has 0 aliphatic rings. The topological polar surface area (TPSA) is 48.1 Å². The van der Waals surface area contributed by atoms with Gasteiger partial charge in [-0.15, -0.1) is 0 Å². The Kier molecular flexibility index (Phi) is 3.73. The summed E-state index contributed by atoms with van der Waals surface area (Å²) in [5.41, 5.74) is 8.73. The lowest BCUT2D eigenvalue weighted by Crippen LogP contribution is -2.02. The van der Waals surface area contributed by atoms with Crippen molar-refractivity contribution in [1.29, 1.82) is 0 Å². The lowest BCUT2D eigenvalue weighted by atomic mass is 10.2. The van der Waals surface area contributed by atoms with Gasteiger partial charge in [0.15, 0.2) is 0 Å². The fourth-order valence-corrected chi connectivity index (χ4v) is 1.61. The van der Waals surface area contributed by atoms with E-state index in [1.54, 1.807) is 6.20 Å². The Morgan fingerprint density at radius 3 is 2.59 bits per heavy atom. The highest BCUT2D eigenvalue weighted by atomic mass is 16.5. The van der Waals surface area contributed by atoms with E-state index in [-0.39, 0.29) is 0 Å². The van der Waals surface area contributed by atoms with Gasteiger partial charge in [0, 0.05) is 18.3 Å². The van der Waals surface area contributed by atoms with E-state index in [0.29, 0.717) is 19.0 Å². The second kappa shape index (κ2) is 5.46. The zero-order valence-corrected chi connectivity index (χ0v) is 9.89. The third kappa shape index (κ3) is 3.04. The van der Waals surface area contributed by atoms with Gasteiger partial charge >= 0.3 is 0 Å². The molecular weight excluding hydrogens is 212 g/mol. The van der Waals surface area contributed by atoms with Gasteiger partial charge in [0.1, 0.15) is 6.61 Å². The number of aromatic nitrogens is 1. The van der Waals surface area contributed by atoms with E-state index in [1.807, 2.05) is 43.3 Å². The molecule has 1 aromatic carbocycles. The molecule has 3 nitrogen and oxygen atoms in total. The van der Waals surface area contributed by atoms with E-state index in [1.165, 1.54) is 0 Å². The highest BCUT2D eigenvalue weighted by Gasteiger charge is 2.02. The number of ether oxygens (including phenoxy) is 1. The minimum absolute atomic E-state index is 0.507. The van der Waals surface area contributed by atoms with Gasteiger partial charge in [0.25, 0.3) is 0 Å². The number of hydrogen-bond donors (Lipinski definition) is 1. The summed E-state index contributed by atoms with van der Waals surface area (Å²) < 4.78 is 5.67. The summed E-state index contributed by atoms with van der Waals surface area (Å²) in [6.45, 7) is 3.02. The van der Waals surface area contributed by atoms with Gasteiger partial charge in [-0.25, -0.2) is 4.98 Å². The fraction of sp³-hybridized carbons (Fsp3) is 0.214. The van der Waals surface area contributed by atoms with Crippen molar-refractivity contribution in [3.05, 3.63) is 59.3 Å². The van der Waals surface area contributed by atoms with E-state index < -0.39 is 0 Å². The number of nitrogens with zero attached hydrogens (tertiary/aromatic N) is 1. The van der Waals surface area contributed by atoms with Gasteiger partial charge in [0.2, 0.25) is 5.88 Å². The van der Waals surface area contributed by atoms with Gasteiger partial charge in [-0.3, -0.25) is 0 Å². The molecule has 0 bridgehead atoms. The third-order valence-corrected chi connectivity index (χ3v) is 2.54. The fourth-order valence-electron chi connectivity index (χ4n) is 1.61. The predicted molar refractivity (Wildman–Crippen MR) is 67.6 cm³/mol. The van der Waals surface area contributed by atoms with Gasteiger partial charge in [-0.1, -0.05) is 30.3 Å². The number of benzene rings is 1. The normalized spacial score (nSPS) is 10.2. The summed E-state index contributed by atoms with van der Waals surface area (Å²) >= 11 is 0. The van der Waals surface area contributed by atoms with Crippen LogP contribution in [0, 0.1) is 6.92 Å². The summed E-state index contributed by atoms with van der Waals surface area (Å²) in [5, 5.41) is 0. The van der Waals surface area contributed by atoms with Crippen LogP contribution in [0.25, 0.3) is 0 Å². The molecule has 1 heterocycles. The molecule has 2 N–H and O–H groups in total. The zero-order chi connectivity index (χ0) is 12.1. The lowest BCUT2D eigenvalue weighted by Gasteiger charge is -2.08. The summed E-state index contributed by atoms with van der Waals surface area (Å²) in [5.74, 6) is 0.672. The van der Waals surface area contributed by atoms with Crippen molar-refractivity contribution in [2.75, 3.05) is 0 Å². The minimum Gasteiger partial charge on any atom is -0.473 e. The highest BCUT2D eigenvalue weighted by Crippen LogP contribution is 2.16. The van der Waals surface area contributed by atoms with Crippen LogP contribution in [0.1, 0.15) is 16.7 Å². The third-order valence-electron chi connectivity index (χ3n) is 2.54. The predicted octanol–water partition coefficient (Wildman–Crippen LogP) is 2.43. The molecule has 2 aromatic rings. The van der Waals surface area contributed by atoms with Crippen LogP contribution in [0.15, 0.2) is 42.6 Å². The molecule has 0 atom stereocenters. The first-order valence-corrected chi connectivity index (χ1v) is 5.62. The van der Waals surface area contributed by atoms with Gasteiger partial charge in [-0.2, -0.15) is 0 Å². The molecule has 0 aliphatic carbocycles. The number of nitrogens with two attached hydrogens (primary N) is 1. The van der Waals surface area contributed by atoms with Crippen molar-refractivity contribution >= 4 is 0 Å². The smallest absolute Gasteiger partial charge is 0.216 e. The molecule has 0 radical (unpaired) electrons. The van der Waals surface area contributed by atoms with Crippen LogP contribution in [0.2, 0.25) is 0 Å². The Morgan fingerprint density at radius 2 is 1.94 bits per heavy atom. The van der Waals surface area contributed by atoms with E-state index in [4.69, 9.17) is 10.5 Å². The molecule has 17 heavy (non-hydrogen) atoms. The van der Waals surface area contributed by atoms with Crippen molar-refractivity contribution in [2.24, 2.45) is 5.73 Å². The average Bonchev–Trinajstić information content (AvgIpc) is 2.38.